The predicted octanol–water partition coefficient (Wildman–Crippen LogP) is 2.83. The molecule has 174 valence electrons. The SMILES string of the molecule is CNC(=O)c1cn(CCC(C)C)cc(C(=O)N2CCN(c3nc4ccccc4s3)CC2)c1=O. The minimum absolute atomic E-state index is 0.000202. The van der Waals surface area contributed by atoms with Crippen LogP contribution in [0.2, 0.25) is 0 Å². The van der Waals surface area contributed by atoms with Gasteiger partial charge in [-0.1, -0.05) is 37.3 Å². The number of benzene rings is 1. The lowest BCUT2D eigenvalue weighted by molar-refractivity contribution is 0.0744. The molecule has 0 bridgehead atoms. The molecule has 2 aromatic heterocycles. The molecule has 0 aliphatic carbocycles. The molecule has 0 radical (unpaired) electrons. The quantitative estimate of drug-likeness (QED) is 0.602. The zero-order chi connectivity index (χ0) is 23.5. The van der Waals surface area contributed by atoms with Gasteiger partial charge in [0, 0.05) is 52.2 Å². The molecule has 1 saturated heterocycles. The van der Waals surface area contributed by atoms with Gasteiger partial charge in [0.1, 0.15) is 11.1 Å². The Morgan fingerprint density at radius 1 is 1.09 bits per heavy atom. The highest BCUT2D eigenvalue weighted by Gasteiger charge is 2.27. The molecule has 1 aliphatic rings. The van der Waals surface area contributed by atoms with Gasteiger partial charge in [0.05, 0.1) is 10.2 Å². The van der Waals surface area contributed by atoms with E-state index >= 15 is 0 Å². The molecule has 1 aromatic carbocycles. The van der Waals surface area contributed by atoms with Crippen molar-refractivity contribution in [2.24, 2.45) is 5.92 Å². The molecule has 0 atom stereocenters. The van der Waals surface area contributed by atoms with E-state index in [0.29, 0.717) is 38.6 Å². The summed E-state index contributed by atoms with van der Waals surface area (Å²) in [7, 11) is 1.48. The number of nitrogens with one attached hydrogen (secondary N) is 1. The number of pyridine rings is 1. The number of thiazole rings is 1. The third-order valence-electron chi connectivity index (χ3n) is 5.87. The summed E-state index contributed by atoms with van der Waals surface area (Å²) in [6.07, 6.45) is 4.02. The van der Waals surface area contributed by atoms with E-state index < -0.39 is 11.3 Å². The molecule has 2 amide bonds. The fourth-order valence-electron chi connectivity index (χ4n) is 3.88. The Hall–Kier alpha value is -3.20. The van der Waals surface area contributed by atoms with Crippen molar-refractivity contribution in [1.29, 1.82) is 0 Å². The minimum Gasteiger partial charge on any atom is -0.355 e. The minimum atomic E-state index is -0.520. The number of fused-ring (bicyclic) bond motifs is 1. The van der Waals surface area contributed by atoms with Crippen LogP contribution in [0, 0.1) is 5.92 Å². The molecule has 0 saturated carbocycles. The van der Waals surface area contributed by atoms with Crippen molar-refractivity contribution in [3.05, 3.63) is 58.0 Å². The van der Waals surface area contributed by atoms with E-state index in [1.807, 2.05) is 18.2 Å². The fraction of sp³-hybridized carbons (Fsp3) is 0.417. The number of carbonyl (C=O) groups excluding carboxylic acids is 2. The molecule has 1 fully saturated rings. The smallest absolute Gasteiger partial charge is 0.259 e. The number of hydrogen-bond acceptors (Lipinski definition) is 6. The second kappa shape index (κ2) is 9.74. The van der Waals surface area contributed by atoms with Crippen molar-refractivity contribution in [1.82, 2.24) is 19.8 Å². The molecule has 3 heterocycles. The average Bonchev–Trinajstić information content (AvgIpc) is 3.27. The van der Waals surface area contributed by atoms with Crippen LogP contribution in [0.4, 0.5) is 5.13 Å². The average molecular weight is 468 g/mol. The highest BCUT2D eigenvalue weighted by atomic mass is 32.1. The molecule has 1 aliphatic heterocycles. The highest BCUT2D eigenvalue weighted by Crippen LogP contribution is 2.29. The van der Waals surface area contributed by atoms with Crippen LogP contribution in [0.25, 0.3) is 10.2 Å². The predicted molar refractivity (Wildman–Crippen MR) is 131 cm³/mol. The molecule has 1 N–H and O–H groups in total. The summed E-state index contributed by atoms with van der Waals surface area (Å²) in [5.41, 5.74) is 0.506. The third kappa shape index (κ3) is 4.93. The molecule has 9 heteroatoms. The van der Waals surface area contributed by atoms with Gasteiger partial charge >= 0.3 is 0 Å². The van der Waals surface area contributed by atoms with Gasteiger partial charge in [0.15, 0.2) is 5.13 Å². The number of anilines is 1. The van der Waals surface area contributed by atoms with Crippen LogP contribution in [0.1, 0.15) is 41.0 Å². The Morgan fingerprint density at radius 2 is 1.79 bits per heavy atom. The standard InChI is InChI=1S/C24H29N5O3S/c1-16(2)8-9-27-14-17(22(31)25-3)21(30)18(15-27)23(32)28-10-12-29(13-11-28)24-26-19-6-4-5-7-20(19)33-24/h4-7,14-16H,8-13H2,1-3H3,(H,25,31). The molecule has 4 rings (SSSR count). The van der Waals surface area contributed by atoms with E-state index in [2.05, 4.69) is 30.1 Å². The normalized spacial score (nSPS) is 14.2. The zero-order valence-electron chi connectivity index (χ0n) is 19.2. The monoisotopic (exact) mass is 467 g/mol. The number of aryl methyl sites for hydroxylation is 1. The Balaban J connectivity index is 1.53. The van der Waals surface area contributed by atoms with Gasteiger partial charge in [-0.25, -0.2) is 4.98 Å². The largest absolute Gasteiger partial charge is 0.355 e. The fourth-order valence-corrected chi connectivity index (χ4v) is 4.90. The summed E-state index contributed by atoms with van der Waals surface area (Å²) in [6.45, 7) is 7.12. The van der Waals surface area contributed by atoms with Gasteiger partial charge in [-0.05, 0) is 24.5 Å². The van der Waals surface area contributed by atoms with E-state index in [1.54, 1.807) is 33.2 Å². The topological polar surface area (TPSA) is 87.5 Å². The molecule has 8 nitrogen and oxygen atoms in total. The highest BCUT2D eigenvalue weighted by molar-refractivity contribution is 7.22. The van der Waals surface area contributed by atoms with E-state index in [1.165, 1.54) is 7.05 Å². The number of para-hydroxylation sites is 1. The van der Waals surface area contributed by atoms with Crippen molar-refractivity contribution in [3.63, 3.8) is 0 Å². The van der Waals surface area contributed by atoms with E-state index in [9.17, 15) is 14.4 Å². The summed E-state index contributed by atoms with van der Waals surface area (Å²) in [5, 5.41) is 3.45. The Morgan fingerprint density at radius 3 is 2.45 bits per heavy atom. The second-order valence-electron chi connectivity index (χ2n) is 8.66. The lowest BCUT2D eigenvalue weighted by Gasteiger charge is -2.34. The number of rotatable bonds is 6. The van der Waals surface area contributed by atoms with Gasteiger partial charge in [0.2, 0.25) is 5.43 Å². The second-order valence-corrected chi connectivity index (χ2v) is 9.67. The first kappa shape index (κ1) is 23.0. The lowest BCUT2D eigenvalue weighted by atomic mass is 10.1. The van der Waals surface area contributed by atoms with E-state index in [4.69, 9.17) is 4.98 Å². The van der Waals surface area contributed by atoms with Crippen molar-refractivity contribution >= 4 is 38.5 Å². The van der Waals surface area contributed by atoms with Crippen LogP contribution in [-0.2, 0) is 6.54 Å². The summed E-state index contributed by atoms with van der Waals surface area (Å²) < 4.78 is 2.93. The zero-order valence-corrected chi connectivity index (χ0v) is 20.0. The van der Waals surface area contributed by atoms with Gasteiger partial charge in [-0.2, -0.15) is 0 Å². The first-order chi connectivity index (χ1) is 15.9. The van der Waals surface area contributed by atoms with Gasteiger partial charge in [-0.3, -0.25) is 14.4 Å². The molecule has 0 spiro atoms. The molecular formula is C24H29N5O3S. The van der Waals surface area contributed by atoms with Crippen molar-refractivity contribution < 1.29 is 9.59 Å². The van der Waals surface area contributed by atoms with Crippen LogP contribution in [0.5, 0.6) is 0 Å². The lowest BCUT2D eigenvalue weighted by Crippen LogP contribution is -2.50. The number of carbonyl (C=O) groups is 2. The van der Waals surface area contributed by atoms with Crippen LogP contribution in [0.3, 0.4) is 0 Å². The number of aromatic nitrogens is 2. The number of amides is 2. The molecular weight excluding hydrogens is 438 g/mol. The van der Waals surface area contributed by atoms with E-state index in [0.717, 1.165) is 21.8 Å². The maximum atomic E-state index is 13.3. The van der Waals surface area contributed by atoms with Crippen molar-refractivity contribution in [2.45, 2.75) is 26.8 Å². The molecule has 0 unspecified atom stereocenters. The van der Waals surface area contributed by atoms with Crippen LogP contribution in [0.15, 0.2) is 41.5 Å². The Bertz CT molecular complexity index is 1190. The van der Waals surface area contributed by atoms with Crippen molar-refractivity contribution in [2.75, 3.05) is 38.1 Å². The first-order valence-electron chi connectivity index (χ1n) is 11.2. The van der Waals surface area contributed by atoms with Crippen LogP contribution in [-0.4, -0.2) is 59.5 Å². The van der Waals surface area contributed by atoms with Crippen molar-refractivity contribution in [3.8, 4) is 0 Å². The van der Waals surface area contributed by atoms with Crippen LogP contribution >= 0.6 is 11.3 Å². The molecule has 3 aromatic rings. The maximum Gasteiger partial charge on any atom is 0.259 e. The number of nitrogens with zero attached hydrogens (tertiary/aromatic N) is 4. The Labute approximate surface area is 196 Å². The third-order valence-corrected chi connectivity index (χ3v) is 6.96. The summed E-state index contributed by atoms with van der Waals surface area (Å²) >= 11 is 1.64. The van der Waals surface area contributed by atoms with E-state index in [-0.39, 0.29) is 17.0 Å². The van der Waals surface area contributed by atoms with Crippen LogP contribution < -0.4 is 15.6 Å². The van der Waals surface area contributed by atoms with Gasteiger partial charge in [-0.15, -0.1) is 0 Å². The molecule has 33 heavy (non-hydrogen) atoms. The number of hydrogen-bond donors (Lipinski definition) is 1. The van der Waals surface area contributed by atoms with Gasteiger partial charge < -0.3 is 19.7 Å². The Kier molecular flexibility index (Phi) is 6.78. The summed E-state index contributed by atoms with van der Waals surface area (Å²) in [6, 6.07) is 8.03. The number of piperazine rings is 1. The van der Waals surface area contributed by atoms with Gasteiger partial charge in [0.25, 0.3) is 11.8 Å². The summed E-state index contributed by atoms with van der Waals surface area (Å²) in [4.78, 5) is 47.2. The maximum absolute atomic E-state index is 13.3. The summed E-state index contributed by atoms with van der Waals surface area (Å²) in [5.74, 6) is -0.343. The first-order valence-corrected chi connectivity index (χ1v) is 12.0.